The van der Waals surface area contributed by atoms with Gasteiger partial charge in [-0.1, -0.05) is 0 Å². The van der Waals surface area contributed by atoms with Crippen LogP contribution >= 0.6 is 0 Å². The Morgan fingerprint density at radius 3 is 2.50 bits per heavy atom. The van der Waals surface area contributed by atoms with E-state index in [-0.39, 0.29) is 24.5 Å². The molecule has 1 amide bonds. The van der Waals surface area contributed by atoms with E-state index in [0.717, 1.165) is 19.3 Å². The zero-order valence-corrected chi connectivity index (χ0v) is 10.5. The van der Waals surface area contributed by atoms with Crippen LogP contribution in [-0.2, 0) is 19.1 Å². The molecule has 1 unspecified atom stereocenters. The highest BCUT2D eigenvalue weighted by Crippen LogP contribution is 2.38. The number of amides is 1. The smallest absolute Gasteiger partial charge is 0.331 e. The van der Waals surface area contributed by atoms with Gasteiger partial charge in [0.25, 0.3) is 0 Å². The third-order valence-corrected chi connectivity index (χ3v) is 3.99. The van der Waals surface area contributed by atoms with Gasteiger partial charge in [-0.2, -0.15) is 0 Å². The van der Waals surface area contributed by atoms with Crippen LogP contribution in [0.5, 0.6) is 0 Å². The summed E-state index contributed by atoms with van der Waals surface area (Å²) in [5.74, 6) is -1.31. The van der Waals surface area contributed by atoms with Gasteiger partial charge in [0.1, 0.15) is 0 Å². The number of nitrogens with one attached hydrogen (secondary N) is 1. The molecule has 18 heavy (non-hydrogen) atoms. The second-order valence-corrected chi connectivity index (χ2v) is 5.16. The standard InChI is InChI=1S/C12H19NO5/c1-17-11(3-2-4-11)7-9(14)13-12(10(15)16)5-6-18-8-12/h2-8H2,1H3,(H,13,14)(H,15,16). The fourth-order valence-corrected chi connectivity index (χ4v) is 2.51. The Bertz CT molecular complexity index is 339. The molecule has 1 aliphatic carbocycles. The van der Waals surface area contributed by atoms with Crippen LogP contribution in [0.3, 0.4) is 0 Å². The number of methoxy groups -OCH3 is 1. The van der Waals surface area contributed by atoms with Gasteiger partial charge in [-0.25, -0.2) is 4.79 Å². The maximum Gasteiger partial charge on any atom is 0.331 e. The van der Waals surface area contributed by atoms with E-state index in [2.05, 4.69) is 5.32 Å². The molecule has 1 saturated carbocycles. The number of carboxylic acid groups (broad SMARTS) is 1. The Kier molecular flexibility index (Phi) is 3.59. The minimum Gasteiger partial charge on any atom is -0.479 e. The Morgan fingerprint density at radius 1 is 1.39 bits per heavy atom. The Balaban J connectivity index is 1.95. The molecule has 0 bridgehead atoms. The van der Waals surface area contributed by atoms with Gasteiger partial charge in [0.05, 0.1) is 18.6 Å². The molecule has 0 aromatic rings. The van der Waals surface area contributed by atoms with Crippen molar-refractivity contribution in [1.82, 2.24) is 5.32 Å². The number of carbonyl (C=O) groups is 2. The molecule has 2 aliphatic rings. The van der Waals surface area contributed by atoms with Gasteiger partial charge in [-0.3, -0.25) is 4.79 Å². The summed E-state index contributed by atoms with van der Waals surface area (Å²) in [7, 11) is 1.60. The maximum atomic E-state index is 12.0. The molecular formula is C12H19NO5. The fraction of sp³-hybridized carbons (Fsp3) is 0.833. The van der Waals surface area contributed by atoms with Crippen LogP contribution in [0.1, 0.15) is 32.1 Å². The van der Waals surface area contributed by atoms with Gasteiger partial charge < -0.3 is 19.9 Å². The maximum absolute atomic E-state index is 12.0. The summed E-state index contributed by atoms with van der Waals surface area (Å²) in [5.41, 5.74) is -1.64. The lowest BCUT2D eigenvalue weighted by Crippen LogP contribution is -2.57. The van der Waals surface area contributed by atoms with Crippen LogP contribution in [0, 0.1) is 0 Å². The van der Waals surface area contributed by atoms with E-state index in [4.69, 9.17) is 9.47 Å². The van der Waals surface area contributed by atoms with E-state index in [1.807, 2.05) is 0 Å². The third kappa shape index (κ3) is 2.35. The minimum absolute atomic E-state index is 0.0358. The van der Waals surface area contributed by atoms with Crippen LogP contribution in [0.2, 0.25) is 0 Å². The lowest BCUT2D eigenvalue weighted by molar-refractivity contribution is -0.150. The third-order valence-electron chi connectivity index (χ3n) is 3.99. The predicted octanol–water partition coefficient (Wildman–Crippen LogP) is 0.305. The molecule has 2 rings (SSSR count). The molecule has 2 N–H and O–H groups in total. The number of hydrogen-bond donors (Lipinski definition) is 2. The molecule has 2 fully saturated rings. The Hall–Kier alpha value is -1.14. The van der Waals surface area contributed by atoms with Crippen molar-refractivity contribution in [3.8, 4) is 0 Å². The summed E-state index contributed by atoms with van der Waals surface area (Å²) >= 11 is 0. The second-order valence-electron chi connectivity index (χ2n) is 5.16. The average Bonchev–Trinajstić information content (AvgIpc) is 2.73. The quantitative estimate of drug-likeness (QED) is 0.740. The molecule has 1 atom stereocenters. The van der Waals surface area contributed by atoms with Gasteiger partial charge in [-0.05, 0) is 19.3 Å². The zero-order valence-electron chi connectivity index (χ0n) is 10.5. The number of hydrogen-bond acceptors (Lipinski definition) is 4. The summed E-state index contributed by atoms with van der Waals surface area (Å²) in [6.45, 7) is 0.399. The molecule has 6 nitrogen and oxygen atoms in total. The van der Waals surface area contributed by atoms with Crippen molar-refractivity contribution in [3.05, 3.63) is 0 Å². The van der Waals surface area contributed by atoms with E-state index >= 15 is 0 Å². The largest absolute Gasteiger partial charge is 0.479 e. The zero-order chi connectivity index (χ0) is 13.2. The molecule has 1 heterocycles. The van der Waals surface area contributed by atoms with Gasteiger partial charge in [0.2, 0.25) is 5.91 Å². The number of ether oxygens (including phenoxy) is 2. The van der Waals surface area contributed by atoms with E-state index in [0.29, 0.717) is 13.0 Å². The fourth-order valence-electron chi connectivity index (χ4n) is 2.51. The Labute approximate surface area is 106 Å². The summed E-state index contributed by atoms with van der Waals surface area (Å²) in [6, 6.07) is 0. The van der Waals surface area contributed by atoms with Gasteiger partial charge in [0, 0.05) is 20.1 Å². The summed E-state index contributed by atoms with van der Waals surface area (Å²) in [4.78, 5) is 23.2. The average molecular weight is 257 g/mol. The van der Waals surface area contributed by atoms with Crippen molar-refractivity contribution in [1.29, 1.82) is 0 Å². The van der Waals surface area contributed by atoms with Crippen LogP contribution in [0.15, 0.2) is 0 Å². The van der Waals surface area contributed by atoms with Gasteiger partial charge >= 0.3 is 5.97 Å². The van der Waals surface area contributed by atoms with Crippen molar-refractivity contribution >= 4 is 11.9 Å². The van der Waals surface area contributed by atoms with Crippen molar-refractivity contribution < 1.29 is 24.2 Å². The Morgan fingerprint density at radius 2 is 2.11 bits per heavy atom. The molecule has 0 radical (unpaired) electrons. The molecule has 1 aliphatic heterocycles. The summed E-state index contributed by atoms with van der Waals surface area (Å²) < 4.78 is 10.5. The lowest BCUT2D eigenvalue weighted by atomic mass is 9.77. The summed E-state index contributed by atoms with van der Waals surface area (Å²) in [5, 5.41) is 11.8. The van der Waals surface area contributed by atoms with Gasteiger partial charge in [0.15, 0.2) is 5.54 Å². The normalized spacial score (nSPS) is 29.6. The number of rotatable bonds is 5. The first-order chi connectivity index (χ1) is 8.52. The highest BCUT2D eigenvalue weighted by molar-refractivity contribution is 5.87. The van der Waals surface area contributed by atoms with E-state index in [1.165, 1.54) is 0 Å². The molecule has 0 spiro atoms. The van der Waals surface area contributed by atoms with Crippen LogP contribution in [-0.4, -0.2) is 48.4 Å². The number of carboxylic acids is 1. The van der Waals surface area contributed by atoms with Crippen molar-refractivity contribution in [2.75, 3.05) is 20.3 Å². The molecule has 102 valence electrons. The summed E-state index contributed by atoms with van der Waals surface area (Å²) in [6.07, 6.45) is 3.29. The van der Waals surface area contributed by atoms with E-state index in [1.54, 1.807) is 7.11 Å². The van der Waals surface area contributed by atoms with Gasteiger partial charge in [-0.15, -0.1) is 0 Å². The van der Waals surface area contributed by atoms with Crippen LogP contribution in [0.25, 0.3) is 0 Å². The number of aliphatic carboxylic acids is 1. The molecule has 0 aromatic carbocycles. The first-order valence-corrected chi connectivity index (χ1v) is 6.19. The molecule has 6 heteroatoms. The lowest BCUT2D eigenvalue weighted by Gasteiger charge is -2.40. The topological polar surface area (TPSA) is 84.9 Å². The minimum atomic E-state index is -1.25. The van der Waals surface area contributed by atoms with E-state index < -0.39 is 11.5 Å². The van der Waals surface area contributed by atoms with Crippen LogP contribution in [0.4, 0.5) is 0 Å². The molecule has 1 saturated heterocycles. The SMILES string of the molecule is COC1(CC(=O)NC2(C(=O)O)CCOC2)CCC1. The van der Waals surface area contributed by atoms with Crippen molar-refractivity contribution in [3.63, 3.8) is 0 Å². The van der Waals surface area contributed by atoms with Crippen LogP contribution < -0.4 is 5.32 Å². The second kappa shape index (κ2) is 4.85. The van der Waals surface area contributed by atoms with Crippen molar-refractivity contribution in [2.45, 2.75) is 43.2 Å². The predicted molar refractivity (Wildman–Crippen MR) is 62.2 cm³/mol. The highest BCUT2D eigenvalue weighted by Gasteiger charge is 2.46. The first-order valence-electron chi connectivity index (χ1n) is 6.19. The van der Waals surface area contributed by atoms with Crippen molar-refractivity contribution in [2.24, 2.45) is 0 Å². The first kappa shape index (κ1) is 13.3. The monoisotopic (exact) mass is 257 g/mol. The molecular weight excluding hydrogens is 238 g/mol. The highest BCUT2D eigenvalue weighted by atomic mass is 16.5. The van der Waals surface area contributed by atoms with E-state index in [9.17, 15) is 14.7 Å². The number of carbonyl (C=O) groups excluding carboxylic acids is 1. The molecule has 0 aromatic heterocycles.